The summed E-state index contributed by atoms with van der Waals surface area (Å²) in [5.41, 5.74) is 3.63. The fourth-order valence-corrected chi connectivity index (χ4v) is 5.44. The van der Waals surface area contributed by atoms with Crippen LogP contribution in [0.2, 0.25) is 0 Å². The second-order valence-corrected chi connectivity index (χ2v) is 9.74. The summed E-state index contributed by atoms with van der Waals surface area (Å²) >= 11 is 0. The quantitative estimate of drug-likeness (QED) is 0.783. The van der Waals surface area contributed by atoms with Gasteiger partial charge in [-0.15, -0.1) is 0 Å². The highest BCUT2D eigenvalue weighted by Crippen LogP contribution is 2.31. The van der Waals surface area contributed by atoms with Gasteiger partial charge in [-0.05, 0) is 39.5 Å². The average Bonchev–Trinajstić information content (AvgIpc) is 2.76. The van der Waals surface area contributed by atoms with Gasteiger partial charge in [-0.3, -0.25) is 9.58 Å². The third-order valence-electron chi connectivity index (χ3n) is 5.77. The van der Waals surface area contributed by atoms with Crippen LogP contribution in [0.5, 0.6) is 0 Å². The van der Waals surface area contributed by atoms with Crippen molar-refractivity contribution in [1.29, 1.82) is 0 Å². The Hall–Kier alpha value is -0.960. The van der Waals surface area contributed by atoms with Crippen molar-refractivity contribution in [1.82, 2.24) is 23.3 Å². The van der Waals surface area contributed by atoms with E-state index in [-0.39, 0.29) is 6.04 Å². The van der Waals surface area contributed by atoms with E-state index in [2.05, 4.69) is 35.5 Å². The Bertz CT molecular complexity index is 728. The molecule has 3 fully saturated rings. The van der Waals surface area contributed by atoms with Gasteiger partial charge in [0.25, 0.3) is 10.2 Å². The number of aryl methyl sites for hydroxylation is 2. The molecule has 0 aromatic carbocycles. The van der Waals surface area contributed by atoms with Gasteiger partial charge in [-0.25, -0.2) is 0 Å². The zero-order valence-electron chi connectivity index (χ0n) is 16.1. The highest BCUT2D eigenvalue weighted by molar-refractivity contribution is 7.86. The van der Waals surface area contributed by atoms with Gasteiger partial charge in [0.05, 0.1) is 5.69 Å². The molecule has 1 aromatic heterocycles. The molecule has 0 saturated carbocycles. The number of hydrogen-bond donors (Lipinski definition) is 0. The molecule has 142 valence electrons. The Morgan fingerprint density at radius 3 is 2.48 bits per heavy atom. The highest BCUT2D eigenvalue weighted by Gasteiger charge is 2.39. The second kappa shape index (κ2) is 6.98. The summed E-state index contributed by atoms with van der Waals surface area (Å²) in [6, 6.07) is 0.289. The first-order chi connectivity index (χ1) is 11.7. The Morgan fingerprint density at radius 1 is 1.16 bits per heavy atom. The van der Waals surface area contributed by atoms with Gasteiger partial charge in [-0.1, -0.05) is 0 Å². The van der Waals surface area contributed by atoms with Crippen molar-refractivity contribution in [2.45, 2.75) is 52.7 Å². The number of rotatable bonds is 5. The van der Waals surface area contributed by atoms with Crippen molar-refractivity contribution in [2.75, 3.05) is 33.7 Å². The average molecular weight is 370 g/mol. The lowest BCUT2D eigenvalue weighted by atomic mass is 9.94. The molecule has 3 aliphatic rings. The van der Waals surface area contributed by atoms with Crippen LogP contribution in [-0.2, 0) is 23.3 Å². The predicted molar refractivity (Wildman–Crippen MR) is 98.5 cm³/mol. The molecule has 0 radical (unpaired) electrons. The standard InChI is InChI=1S/C17H31N5O2S/c1-6-22-14(3)17(13(2)18-22)12-20-9-15-7-8-16(20)11-21(10-15)25(23,24)19(4)5/h15-16H,6-12H2,1-5H3/t15-,16-/m0/s1. The lowest BCUT2D eigenvalue weighted by Crippen LogP contribution is -2.46. The maximum atomic E-state index is 12.6. The summed E-state index contributed by atoms with van der Waals surface area (Å²) < 4.78 is 30.3. The van der Waals surface area contributed by atoms with Crippen LogP contribution in [0.3, 0.4) is 0 Å². The molecule has 0 aliphatic carbocycles. The Kier molecular flexibility index (Phi) is 5.26. The van der Waals surface area contributed by atoms with E-state index >= 15 is 0 Å². The summed E-state index contributed by atoms with van der Waals surface area (Å²) in [4.78, 5) is 2.48. The molecule has 7 nitrogen and oxygen atoms in total. The summed E-state index contributed by atoms with van der Waals surface area (Å²) in [7, 11) is -0.104. The SMILES string of the molecule is CCn1nc(C)c(CN2C[C@@H]3CC[C@H]2CN(S(=O)(=O)N(C)C)C3)c1C. The minimum Gasteiger partial charge on any atom is -0.294 e. The van der Waals surface area contributed by atoms with Crippen LogP contribution in [0, 0.1) is 19.8 Å². The van der Waals surface area contributed by atoms with E-state index in [1.54, 1.807) is 18.4 Å². The van der Waals surface area contributed by atoms with Gasteiger partial charge >= 0.3 is 0 Å². The largest absolute Gasteiger partial charge is 0.294 e. The van der Waals surface area contributed by atoms with Gasteiger partial charge in [0.2, 0.25) is 0 Å². The lowest BCUT2D eigenvalue weighted by Gasteiger charge is -2.36. The molecule has 3 aliphatic heterocycles. The van der Waals surface area contributed by atoms with Crippen LogP contribution in [0.15, 0.2) is 0 Å². The zero-order valence-corrected chi connectivity index (χ0v) is 16.9. The van der Waals surface area contributed by atoms with Crippen molar-refractivity contribution in [3.63, 3.8) is 0 Å². The van der Waals surface area contributed by atoms with E-state index in [1.807, 2.05) is 0 Å². The van der Waals surface area contributed by atoms with Crippen LogP contribution in [0.1, 0.15) is 36.7 Å². The van der Waals surface area contributed by atoms with Crippen molar-refractivity contribution in [3.05, 3.63) is 17.0 Å². The molecule has 0 amide bonds. The van der Waals surface area contributed by atoms with Crippen LogP contribution < -0.4 is 0 Å². The van der Waals surface area contributed by atoms with E-state index in [1.165, 1.54) is 15.6 Å². The third-order valence-corrected chi connectivity index (χ3v) is 7.65. The normalized spacial score (nSPS) is 25.7. The van der Waals surface area contributed by atoms with Gasteiger partial charge in [0.1, 0.15) is 0 Å². The first-order valence-electron chi connectivity index (χ1n) is 9.18. The Labute approximate surface area is 151 Å². The Balaban J connectivity index is 1.81. The minimum absolute atomic E-state index is 0.289. The summed E-state index contributed by atoms with van der Waals surface area (Å²) in [5, 5.41) is 4.63. The van der Waals surface area contributed by atoms with E-state index in [0.29, 0.717) is 19.0 Å². The number of piperidine rings is 1. The molecular weight excluding hydrogens is 338 g/mol. The van der Waals surface area contributed by atoms with Gasteiger partial charge < -0.3 is 0 Å². The topological polar surface area (TPSA) is 61.7 Å². The highest BCUT2D eigenvalue weighted by atomic mass is 32.2. The smallest absolute Gasteiger partial charge is 0.281 e. The minimum atomic E-state index is -3.34. The molecule has 4 heterocycles. The molecule has 4 rings (SSSR count). The van der Waals surface area contributed by atoms with Crippen molar-refractivity contribution in [3.8, 4) is 0 Å². The van der Waals surface area contributed by atoms with Gasteiger partial charge in [-0.2, -0.15) is 22.1 Å². The van der Waals surface area contributed by atoms with Crippen molar-refractivity contribution < 1.29 is 8.42 Å². The fraction of sp³-hybridized carbons (Fsp3) is 0.824. The monoisotopic (exact) mass is 369 g/mol. The first-order valence-corrected chi connectivity index (χ1v) is 10.6. The zero-order chi connectivity index (χ0) is 18.4. The number of fused-ring (bicyclic) bond motifs is 4. The van der Waals surface area contributed by atoms with Crippen LogP contribution in [-0.4, -0.2) is 71.5 Å². The molecule has 25 heavy (non-hydrogen) atoms. The molecule has 1 aromatic rings. The maximum absolute atomic E-state index is 12.6. The van der Waals surface area contributed by atoms with Crippen LogP contribution in [0.4, 0.5) is 0 Å². The Morgan fingerprint density at radius 2 is 1.88 bits per heavy atom. The van der Waals surface area contributed by atoms with Gasteiger partial charge in [0, 0.05) is 64.1 Å². The van der Waals surface area contributed by atoms with Crippen molar-refractivity contribution >= 4 is 10.2 Å². The molecule has 3 saturated heterocycles. The summed E-state index contributed by atoms with van der Waals surface area (Å²) in [6.07, 6.45) is 2.19. The van der Waals surface area contributed by atoms with Crippen LogP contribution in [0.25, 0.3) is 0 Å². The van der Waals surface area contributed by atoms with E-state index in [9.17, 15) is 8.42 Å². The molecular formula is C17H31N5O2S. The van der Waals surface area contributed by atoms with Gasteiger partial charge in [0.15, 0.2) is 0 Å². The molecule has 0 unspecified atom stereocenters. The summed E-state index contributed by atoms with van der Waals surface area (Å²) in [6.45, 7) is 10.3. The lowest BCUT2D eigenvalue weighted by molar-refractivity contribution is 0.124. The predicted octanol–water partition coefficient (Wildman–Crippen LogP) is 1.22. The fourth-order valence-electron chi connectivity index (χ4n) is 4.22. The summed E-state index contributed by atoms with van der Waals surface area (Å²) in [5.74, 6) is 0.412. The van der Waals surface area contributed by atoms with E-state index < -0.39 is 10.2 Å². The second-order valence-electron chi connectivity index (χ2n) is 7.60. The third kappa shape index (κ3) is 3.49. The van der Waals surface area contributed by atoms with E-state index in [0.717, 1.165) is 38.2 Å². The van der Waals surface area contributed by atoms with Crippen LogP contribution >= 0.6 is 0 Å². The van der Waals surface area contributed by atoms with E-state index in [4.69, 9.17) is 0 Å². The van der Waals surface area contributed by atoms with Crippen molar-refractivity contribution in [2.24, 2.45) is 5.92 Å². The maximum Gasteiger partial charge on any atom is 0.281 e. The first kappa shape index (κ1) is 18.8. The molecule has 2 bridgehead atoms. The number of aromatic nitrogens is 2. The molecule has 2 atom stereocenters. The molecule has 8 heteroatoms. The number of nitrogens with zero attached hydrogens (tertiary/aromatic N) is 5. The molecule has 0 spiro atoms. The number of hydrogen-bond acceptors (Lipinski definition) is 4. The molecule has 0 N–H and O–H groups in total.